The van der Waals surface area contributed by atoms with Gasteiger partial charge in [-0.05, 0) is 41.8 Å². The summed E-state index contributed by atoms with van der Waals surface area (Å²) in [5.41, 5.74) is 2.61. The first kappa shape index (κ1) is 13.5. The molecule has 2 N–H and O–H groups in total. The summed E-state index contributed by atoms with van der Waals surface area (Å²) in [6.45, 7) is 2.01. The van der Waals surface area contributed by atoms with Gasteiger partial charge < -0.3 is 10.6 Å². The number of anilines is 1. The second-order valence-electron chi connectivity index (χ2n) is 4.38. The molecule has 100 valence electrons. The molecule has 0 spiro atoms. The highest BCUT2D eigenvalue weighted by atomic mass is 32.1. The van der Waals surface area contributed by atoms with Crippen LogP contribution in [0.4, 0.5) is 5.69 Å². The number of amides is 1. The number of nitrogens with one attached hydrogen (secondary N) is 2. The maximum Gasteiger partial charge on any atom is 0.253 e. The van der Waals surface area contributed by atoms with E-state index >= 15 is 0 Å². The van der Waals surface area contributed by atoms with Crippen LogP contribution in [-0.2, 0) is 6.42 Å². The molecule has 0 aromatic carbocycles. The average molecular weight is 275 g/mol. The number of pyridine rings is 1. The van der Waals surface area contributed by atoms with Crippen LogP contribution in [0.25, 0.3) is 0 Å². The molecule has 2 heterocycles. The number of carbonyl (C=O) groups excluding carboxylic acids is 1. The van der Waals surface area contributed by atoms with Crippen molar-refractivity contribution in [3.8, 4) is 0 Å². The van der Waals surface area contributed by atoms with Gasteiger partial charge in [0.05, 0.1) is 17.4 Å². The highest BCUT2D eigenvalue weighted by Gasteiger charge is 2.13. The van der Waals surface area contributed by atoms with Crippen molar-refractivity contribution < 1.29 is 4.79 Å². The first-order chi connectivity index (χ1) is 9.20. The Hall–Kier alpha value is -1.88. The number of nitrogens with zero attached hydrogens (tertiary/aromatic N) is 1. The minimum atomic E-state index is -0.0746. The predicted molar refractivity (Wildman–Crippen MR) is 78.7 cm³/mol. The Morgan fingerprint density at radius 3 is 3.00 bits per heavy atom. The van der Waals surface area contributed by atoms with Gasteiger partial charge in [0.15, 0.2) is 0 Å². The van der Waals surface area contributed by atoms with Crippen LogP contribution in [0.5, 0.6) is 0 Å². The van der Waals surface area contributed by atoms with Crippen molar-refractivity contribution in [1.29, 1.82) is 0 Å². The van der Waals surface area contributed by atoms with Crippen LogP contribution < -0.4 is 10.6 Å². The molecule has 0 aliphatic heterocycles. The molecule has 1 amide bonds. The molecule has 1 unspecified atom stereocenters. The van der Waals surface area contributed by atoms with Crippen LogP contribution in [0.15, 0.2) is 35.3 Å². The van der Waals surface area contributed by atoms with Gasteiger partial charge in [0.1, 0.15) is 0 Å². The molecule has 2 aromatic heterocycles. The maximum absolute atomic E-state index is 12.2. The summed E-state index contributed by atoms with van der Waals surface area (Å²) < 4.78 is 0. The van der Waals surface area contributed by atoms with E-state index < -0.39 is 0 Å². The summed E-state index contributed by atoms with van der Waals surface area (Å²) in [4.78, 5) is 16.2. The van der Waals surface area contributed by atoms with Crippen molar-refractivity contribution in [2.45, 2.75) is 19.4 Å². The largest absolute Gasteiger partial charge is 0.386 e. The van der Waals surface area contributed by atoms with E-state index in [0.717, 1.165) is 12.1 Å². The van der Waals surface area contributed by atoms with E-state index in [1.54, 1.807) is 36.8 Å². The fraction of sp³-hybridized carbons (Fsp3) is 0.286. The van der Waals surface area contributed by atoms with Crippen molar-refractivity contribution in [3.63, 3.8) is 0 Å². The zero-order chi connectivity index (χ0) is 13.7. The van der Waals surface area contributed by atoms with Crippen molar-refractivity contribution >= 4 is 22.9 Å². The number of carbonyl (C=O) groups is 1. The quantitative estimate of drug-likeness (QED) is 0.881. The number of thiophene rings is 1. The number of aromatic nitrogens is 1. The third-order valence-electron chi connectivity index (χ3n) is 2.83. The SMILES string of the molecule is CNc1cnccc1C(=O)NC(C)Cc1ccsc1. The third-order valence-corrected chi connectivity index (χ3v) is 3.57. The first-order valence-electron chi connectivity index (χ1n) is 6.14. The molecule has 5 heteroatoms. The van der Waals surface area contributed by atoms with Gasteiger partial charge >= 0.3 is 0 Å². The van der Waals surface area contributed by atoms with Gasteiger partial charge in [0, 0.05) is 19.3 Å². The molecular formula is C14H17N3OS. The van der Waals surface area contributed by atoms with E-state index in [9.17, 15) is 4.79 Å². The maximum atomic E-state index is 12.2. The van der Waals surface area contributed by atoms with Crippen LogP contribution >= 0.6 is 11.3 Å². The number of hydrogen-bond donors (Lipinski definition) is 2. The van der Waals surface area contributed by atoms with Gasteiger partial charge in [0.2, 0.25) is 0 Å². The summed E-state index contributed by atoms with van der Waals surface area (Å²) in [5.74, 6) is -0.0746. The van der Waals surface area contributed by atoms with Crippen LogP contribution in [-0.4, -0.2) is 24.0 Å². The summed E-state index contributed by atoms with van der Waals surface area (Å²) >= 11 is 1.67. The lowest BCUT2D eigenvalue weighted by atomic mass is 10.1. The first-order valence-corrected chi connectivity index (χ1v) is 7.08. The topological polar surface area (TPSA) is 54.0 Å². The van der Waals surface area contributed by atoms with Crippen LogP contribution in [0.3, 0.4) is 0 Å². The zero-order valence-corrected chi connectivity index (χ0v) is 11.8. The smallest absolute Gasteiger partial charge is 0.253 e. The number of hydrogen-bond acceptors (Lipinski definition) is 4. The van der Waals surface area contributed by atoms with Gasteiger partial charge in [-0.1, -0.05) is 0 Å². The molecule has 0 aliphatic rings. The second kappa shape index (κ2) is 6.33. The van der Waals surface area contributed by atoms with Crippen LogP contribution in [0, 0.1) is 0 Å². The molecule has 0 fully saturated rings. The van der Waals surface area contributed by atoms with Gasteiger partial charge in [-0.2, -0.15) is 11.3 Å². The molecule has 4 nitrogen and oxygen atoms in total. The molecule has 19 heavy (non-hydrogen) atoms. The Morgan fingerprint density at radius 2 is 2.32 bits per heavy atom. The summed E-state index contributed by atoms with van der Waals surface area (Å²) in [5, 5.41) is 10.1. The highest BCUT2D eigenvalue weighted by Crippen LogP contribution is 2.13. The van der Waals surface area contributed by atoms with Gasteiger partial charge in [-0.15, -0.1) is 0 Å². The van der Waals surface area contributed by atoms with Crippen LogP contribution in [0.2, 0.25) is 0 Å². The average Bonchev–Trinajstić information content (AvgIpc) is 2.91. The molecule has 1 atom stereocenters. The fourth-order valence-corrected chi connectivity index (χ4v) is 2.59. The molecule has 0 saturated heterocycles. The normalized spacial score (nSPS) is 11.9. The molecule has 2 rings (SSSR count). The molecule has 0 bridgehead atoms. The second-order valence-corrected chi connectivity index (χ2v) is 5.16. The van der Waals surface area contributed by atoms with Crippen molar-refractivity contribution in [2.24, 2.45) is 0 Å². The predicted octanol–water partition coefficient (Wildman–Crippen LogP) is 2.55. The molecule has 0 radical (unpaired) electrons. The van der Waals surface area contributed by atoms with E-state index in [0.29, 0.717) is 5.56 Å². The van der Waals surface area contributed by atoms with Crippen LogP contribution in [0.1, 0.15) is 22.8 Å². The minimum Gasteiger partial charge on any atom is -0.386 e. The Labute approximate surface area is 116 Å². The number of rotatable bonds is 5. The van der Waals surface area contributed by atoms with Crippen molar-refractivity contribution in [1.82, 2.24) is 10.3 Å². The van der Waals surface area contributed by atoms with E-state index in [-0.39, 0.29) is 11.9 Å². The Kier molecular flexibility index (Phi) is 4.52. The van der Waals surface area contributed by atoms with Crippen molar-refractivity contribution in [2.75, 3.05) is 12.4 Å². The van der Waals surface area contributed by atoms with E-state index in [1.807, 2.05) is 12.3 Å². The molecular weight excluding hydrogens is 258 g/mol. The Morgan fingerprint density at radius 1 is 1.47 bits per heavy atom. The summed E-state index contributed by atoms with van der Waals surface area (Å²) in [7, 11) is 1.78. The highest BCUT2D eigenvalue weighted by molar-refractivity contribution is 7.07. The van der Waals surface area contributed by atoms with Gasteiger partial charge in [0.25, 0.3) is 5.91 Å². The van der Waals surface area contributed by atoms with E-state index in [1.165, 1.54) is 5.56 Å². The minimum absolute atomic E-state index is 0.0746. The summed E-state index contributed by atoms with van der Waals surface area (Å²) in [6, 6.07) is 3.90. The van der Waals surface area contributed by atoms with Gasteiger partial charge in [-0.25, -0.2) is 0 Å². The lowest BCUT2D eigenvalue weighted by Crippen LogP contribution is -2.34. The standard InChI is InChI=1S/C14H17N3OS/c1-10(7-11-4-6-19-9-11)17-14(18)12-3-5-16-8-13(12)15-2/h3-6,8-10,15H,7H2,1-2H3,(H,17,18). The third kappa shape index (κ3) is 3.54. The Bertz CT molecular complexity index is 539. The fourth-order valence-electron chi connectivity index (χ4n) is 1.91. The Balaban J connectivity index is 2.00. The molecule has 2 aromatic rings. The monoisotopic (exact) mass is 275 g/mol. The zero-order valence-electron chi connectivity index (χ0n) is 11.0. The van der Waals surface area contributed by atoms with Gasteiger partial charge in [-0.3, -0.25) is 9.78 Å². The lowest BCUT2D eigenvalue weighted by molar-refractivity contribution is 0.0941. The van der Waals surface area contributed by atoms with E-state index in [2.05, 4.69) is 27.1 Å². The van der Waals surface area contributed by atoms with Crippen molar-refractivity contribution in [3.05, 3.63) is 46.4 Å². The lowest BCUT2D eigenvalue weighted by Gasteiger charge is -2.14. The molecule has 0 aliphatic carbocycles. The van der Waals surface area contributed by atoms with E-state index in [4.69, 9.17) is 0 Å². The molecule has 0 saturated carbocycles. The summed E-state index contributed by atoms with van der Waals surface area (Å²) in [6.07, 6.45) is 4.12.